The van der Waals surface area contributed by atoms with Crippen LogP contribution in [0.1, 0.15) is 24.9 Å². The van der Waals surface area contributed by atoms with Gasteiger partial charge in [0, 0.05) is 31.1 Å². The molecule has 0 amide bonds. The second kappa shape index (κ2) is 6.87. The van der Waals surface area contributed by atoms with Crippen molar-refractivity contribution >= 4 is 21.8 Å². The van der Waals surface area contributed by atoms with Crippen LogP contribution in [-0.2, 0) is 10.2 Å². The van der Waals surface area contributed by atoms with E-state index in [9.17, 15) is 8.42 Å². The minimum atomic E-state index is -3.60. The number of hydrogen-bond acceptors (Lipinski definition) is 3. The molecule has 104 valence electrons. The SMILES string of the molecule is CC(NS(=O)(=O)N(C)CCC#N)c1cccc(Cl)c1. The first-order valence-corrected chi connectivity index (χ1v) is 7.54. The van der Waals surface area contributed by atoms with E-state index in [0.717, 1.165) is 9.87 Å². The Hall–Kier alpha value is -1.13. The third-order valence-corrected chi connectivity index (χ3v) is 4.51. The molecule has 0 heterocycles. The molecule has 0 spiro atoms. The summed E-state index contributed by atoms with van der Waals surface area (Å²) in [6.45, 7) is 1.90. The molecule has 0 fully saturated rings. The highest BCUT2D eigenvalue weighted by Gasteiger charge is 2.20. The molecule has 0 aromatic heterocycles. The lowest BCUT2D eigenvalue weighted by Gasteiger charge is -2.20. The minimum absolute atomic E-state index is 0.156. The van der Waals surface area contributed by atoms with E-state index >= 15 is 0 Å². The van der Waals surface area contributed by atoms with Gasteiger partial charge in [-0.2, -0.15) is 22.7 Å². The van der Waals surface area contributed by atoms with Crippen LogP contribution < -0.4 is 4.72 Å². The predicted octanol–water partition coefficient (Wildman–Crippen LogP) is 2.08. The van der Waals surface area contributed by atoms with Gasteiger partial charge in [-0.15, -0.1) is 0 Å². The quantitative estimate of drug-likeness (QED) is 0.874. The molecule has 0 aliphatic carbocycles. The van der Waals surface area contributed by atoms with Gasteiger partial charge in [0.15, 0.2) is 0 Å². The maximum atomic E-state index is 12.0. The number of rotatable bonds is 6. The fourth-order valence-electron chi connectivity index (χ4n) is 1.48. The topological polar surface area (TPSA) is 73.2 Å². The van der Waals surface area contributed by atoms with Crippen molar-refractivity contribution < 1.29 is 8.42 Å². The van der Waals surface area contributed by atoms with Crippen LogP contribution in [0.3, 0.4) is 0 Å². The second-order valence-corrected chi connectivity index (χ2v) is 6.37. The average Bonchev–Trinajstić information content (AvgIpc) is 2.35. The van der Waals surface area contributed by atoms with E-state index in [1.807, 2.05) is 6.07 Å². The largest absolute Gasteiger partial charge is 0.279 e. The third kappa shape index (κ3) is 4.80. The minimum Gasteiger partial charge on any atom is -0.198 e. The van der Waals surface area contributed by atoms with Crippen LogP contribution >= 0.6 is 11.6 Å². The summed E-state index contributed by atoms with van der Waals surface area (Å²) in [5, 5.41) is 9.02. The van der Waals surface area contributed by atoms with Gasteiger partial charge < -0.3 is 0 Å². The zero-order chi connectivity index (χ0) is 14.5. The monoisotopic (exact) mass is 301 g/mol. The number of hydrogen-bond donors (Lipinski definition) is 1. The van der Waals surface area contributed by atoms with Gasteiger partial charge in [-0.25, -0.2) is 0 Å². The lowest BCUT2D eigenvalue weighted by molar-refractivity contribution is 0.456. The van der Waals surface area contributed by atoms with Crippen LogP contribution in [0.25, 0.3) is 0 Å². The number of nitrogens with one attached hydrogen (secondary N) is 1. The van der Waals surface area contributed by atoms with Gasteiger partial charge in [-0.05, 0) is 24.6 Å². The molecule has 1 rings (SSSR count). The molecule has 5 nitrogen and oxygen atoms in total. The Kier molecular flexibility index (Phi) is 5.76. The molecule has 1 N–H and O–H groups in total. The van der Waals surface area contributed by atoms with Gasteiger partial charge >= 0.3 is 0 Å². The molecule has 1 aromatic rings. The third-order valence-electron chi connectivity index (χ3n) is 2.62. The summed E-state index contributed by atoms with van der Waals surface area (Å²) in [6, 6.07) is 8.52. The highest BCUT2D eigenvalue weighted by molar-refractivity contribution is 7.87. The van der Waals surface area contributed by atoms with E-state index in [-0.39, 0.29) is 13.0 Å². The molecule has 19 heavy (non-hydrogen) atoms. The number of nitrogens with zero attached hydrogens (tertiary/aromatic N) is 2. The molecule has 0 aliphatic rings. The van der Waals surface area contributed by atoms with Crippen molar-refractivity contribution in [2.24, 2.45) is 0 Å². The average molecular weight is 302 g/mol. The lowest BCUT2D eigenvalue weighted by atomic mass is 10.1. The van der Waals surface area contributed by atoms with E-state index in [2.05, 4.69) is 4.72 Å². The van der Waals surface area contributed by atoms with E-state index in [1.54, 1.807) is 31.2 Å². The Morgan fingerprint density at radius 3 is 2.79 bits per heavy atom. The molecule has 0 radical (unpaired) electrons. The van der Waals surface area contributed by atoms with Crippen molar-refractivity contribution in [3.63, 3.8) is 0 Å². The first-order valence-electron chi connectivity index (χ1n) is 5.73. The molecule has 1 unspecified atom stereocenters. The van der Waals surface area contributed by atoms with E-state index in [1.165, 1.54) is 7.05 Å². The summed E-state index contributed by atoms with van der Waals surface area (Å²) in [6.07, 6.45) is 0.156. The molecule has 0 aliphatic heterocycles. The zero-order valence-corrected chi connectivity index (χ0v) is 12.4. The van der Waals surface area contributed by atoms with E-state index in [4.69, 9.17) is 16.9 Å². The van der Waals surface area contributed by atoms with Gasteiger partial charge in [-0.1, -0.05) is 23.7 Å². The molecule has 1 atom stereocenters. The standard InChI is InChI=1S/C12H16ClN3O2S/c1-10(11-5-3-6-12(13)9-11)15-19(17,18)16(2)8-4-7-14/h3,5-6,9-10,15H,4,8H2,1-2H3. The van der Waals surface area contributed by atoms with E-state index in [0.29, 0.717) is 5.02 Å². The molecule has 0 bridgehead atoms. The van der Waals surface area contributed by atoms with Crippen molar-refractivity contribution in [2.45, 2.75) is 19.4 Å². The summed E-state index contributed by atoms with van der Waals surface area (Å²) in [7, 11) is -2.17. The summed E-state index contributed by atoms with van der Waals surface area (Å²) in [5.41, 5.74) is 0.782. The van der Waals surface area contributed by atoms with Crippen molar-refractivity contribution in [1.82, 2.24) is 9.03 Å². The van der Waals surface area contributed by atoms with Crippen LogP contribution in [0.15, 0.2) is 24.3 Å². The Balaban J connectivity index is 2.75. The molecule has 1 aromatic carbocycles. The molecule has 7 heteroatoms. The highest BCUT2D eigenvalue weighted by Crippen LogP contribution is 2.18. The van der Waals surface area contributed by atoms with Gasteiger partial charge in [0.05, 0.1) is 6.07 Å². The van der Waals surface area contributed by atoms with Crippen molar-refractivity contribution in [1.29, 1.82) is 5.26 Å². The fraction of sp³-hybridized carbons (Fsp3) is 0.417. The van der Waals surface area contributed by atoms with Gasteiger partial charge in [-0.3, -0.25) is 0 Å². The molecular formula is C12H16ClN3O2S. The maximum Gasteiger partial charge on any atom is 0.279 e. The number of nitriles is 1. The molecule has 0 saturated heterocycles. The molecule has 0 saturated carbocycles. The fourth-order valence-corrected chi connectivity index (χ4v) is 2.78. The normalized spacial score (nSPS) is 13.2. The highest BCUT2D eigenvalue weighted by atomic mass is 35.5. The number of benzene rings is 1. The maximum absolute atomic E-state index is 12.0. The Labute approximate surface area is 119 Å². The van der Waals surface area contributed by atoms with Crippen molar-refractivity contribution in [3.8, 4) is 6.07 Å². The first kappa shape index (κ1) is 15.9. The van der Waals surface area contributed by atoms with Crippen LogP contribution in [-0.4, -0.2) is 26.3 Å². The van der Waals surface area contributed by atoms with Crippen LogP contribution in [0.4, 0.5) is 0 Å². The lowest BCUT2D eigenvalue weighted by Crippen LogP contribution is -2.39. The van der Waals surface area contributed by atoms with Crippen molar-refractivity contribution in [3.05, 3.63) is 34.9 Å². The van der Waals surface area contributed by atoms with Crippen LogP contribution in [0.2, 0.25) is 5.02 Å². The van der Waals surface area contributed by atoms with Gasteiger partial charge in [0.1, 0.15) is 0 Å². The Morgan fingerprint density at radius 1 is 1.53 bits per heavy atom. The van der Waals surface area contributed by atoms with E-state index < -0.39 is 16.3 Å². The van der Waals surface area contributed by atoms with Crippen LogP contribution in [0, 0.1) is 11.3 Å². The first-order chi connectivity index (χ1) is 8.86. The summed E-state index contributed by atoms with van der Waals surface area (Å²) in [5.74, 6) is 0. The zero-order valence-electron chi connectivity index (χ0n) is 10.8. The van der Waals surface area contributed by atoms with Gasteiger partial charge in [0.25, 0.3) is 10.2 Å². The smallest absolute Gasteiger partial charge is 0.198 e. The molecular weight excluding hydrogens is 286 g/mol. The second-order valence-electron chi connectivity index (χ2n) is 4.13. The van der Waals surface area contributed by atoms with Crippen molar-refractivity contribution in [2.75, 3.05) is 13.6 Å². The number of halogens is 1. The summed E-state index contributed by atoms with van der Waals surface area (Å²) < 4.78 is 27.6. The Morgan fingerprint density at radius 2 is 2.21 bits per heavy atom. The summed E-state index contributed by atoms with van der Waals surface area (Å²) >= 11 is 5.87. The predicted molar refractivity (Wildman–Crippen MR) is 74.8 cm³/mol. The van der Waals surface area contributed by atoms with Gasteiger partial charge in [0.2, 0.25) is 0 Å². The summed E-state index contributed by atoms with van der Waals surface area (Å²) in [4.78, 5) is 0. The Bertz CT molecular complexity index is 569. The van der Waals surface area contributed by atoms with Crippen LogP contribution in [0.5, 0.6) is 0 Å².